The van der Waals surface area contributed by atoms with Crippen LogP contribution in [0.1, 0.15) is 56.7 Å². The molecule has 4 heteroatoms. The summed E-state index contributed by atoms with van der Waals surface area (Å²) in [5.41, 5.74) is 8.99. The monoisotopic (exact) mass is 395 g/mol. The number of benzene rings is 2. The van der Waals surface area contributed by atoms with Crippen molar-refractivity contribution in [1.82, 2.24) is 0 Å². The summed E-state index contributed by atoms with van der Waals surface area (Å²) in [4.78, 5) is 11.9. The summed E-state index contributed by atoms with van der Waals surface area (Å²) < 4.78 is 11.7. The number of ether oxygens (including phenoxy) is 2. The van der Waals surface area contributed by atoms with E-state index in [0.29, 0.717) is 31.1 Å². The van der Waals surface area contributed by atoms with Gasteiger partial charge in [0.1, 0.15) is 6.61 Å². The molecule has 0 saturated heterocycles. The Morgan fingerprint density at radius 1 is 1.07 bits per heavy atom. The van der Waals surface area contributed by atoms with E-state index in [9.17, 15) is 4.79 Å². The highest BCUT2D eigenvalue weighted by Crippen LogP contribution is 2.41. The summed E-state index contributed by atoms with van der Waals surface area (Å²) in [5, 5.41) is 0. The highest BCUT2D eigenvalue weighted by atomic mass is 16.5. The van der Waals surface area contributed by atoms with Crippen molar-refractivity contribution >= 4 is 5.78 Å². The van der Waals surface area contributed by atoms with Crippen LogP contribution in [0.5, 0.6) is 11.5 Å². The summed E-state index contributed by atoms with van der Waals surface area (Å²) in [6, 6.07) is 14.0. The summed E-state index contributed by atoms with van der Waals surface area (Å²) >= 11 is 0. The first kappa shape index (κ1) is 22.7. The minimum absolute atomic E-state index is 0.125. The van der Waals surface area contributed by atoms with Crippen LogP contribution in [0.2, 0.25) is 0 Å². The molecule has 0 atom stereocenters. The number of methoxy groups -OCH3 is 1. The van der Waals surface area contributed by atoms with Crippen LogP contribution in [0.25, 0.3) is 0 Å². The van der Waals surface area contributed by atoms with E-state index in [1.54, 1.807) is 13.2 Å². The van der Waals surface area contributed by atoms with Crippen LogP contribution in [-0.2, 0) is 23.4 Å². The van der Waals surface area contributed by atoms with Crippen LogP contribution in [0.4, 0.5) is 0 Å². The van der Waals surface area contributed by atoms with Gasteiger partial charge in [-0.1, -0.05) is 57.2 Å². The molecule has 4 nitrogen and oxygen atoms in total. The zero-order valence-corrected chi connectivity index (χ0v) is 18.0. The highest BCUT2D eigenvalue weighted by Gasteiger charge is 2.29. The van der Waals surface area contributed by atoms with Gasteiger partial charge in [-0.25, -0.2) is 0 Å². The second-order valence-corrected chi connectivity index (χ2v) is 7.16. The van der Waals surface area contributed by atoms with Gasteiger partial charge >= 0.3 is 0 Å². The summed E-state index contributed by atoms with van der Waals surface area (Å²) in [7, 11) is 1.64. The number of hydrogen-bond acceptors (Lipinski definition) is 4. The number of nitrogens with two attached hydrogens (primary N) is 1. The molecule has 0 amide bonds. The van der Waals surface area contributed by atoms with Gasteiger partial charge in [-0.3, -0.25) is 4.79 Å². The van der Waals surface area contributed by atoms with Crippen molar-refractivity contribution in [3.8, 4) is 11.5 Å². The lowest BCUT2D eigenvalue weighted by Gasteiger charge is -2.32. The minimum atomic E-state index is -0.281. The minimum Gasteiger partial charge on any atom is -0.493 e. The molecule has 0 aromatic heterocycles. The molecular formula is C25H33NO3. The first-order chi connectivity index (χ1) is 14.0. The van der Waals surface area contributed by atoms with E-state index in [4.69, 9.17) is 15.2 Å². The van der Waals surface area contributed by atoms with Crippen LogP contribution in [-0.4, -0.2) is 12.9 Å². The largest absolute Gasteiger partial charge is 0.493 e. The predicted molar refractivity (Wildman–Crippen MR) is 118 cm³/mol. The third-order valence-electron chi connectivity index (χ3n) is 5.58. The number of rotatable bonds is 11. The first-order valence-corrected chi connectivity index (χ1v) is 10.3. The van der Waals surface area contributed by atoms with Gasteiger partial charge in [-0.15, -0.1) is 0 Å². The molecule has 156 valence electrons. The van der Waals surface area contributed by atoms with Gasteiger partial charge in [0.2, 0.25) is 0 Å². The molecule has 0 aliphatic carbocycles. The smallest absolute Gasteiger partial charge is 0.161 e. The molecule has 0 aliphatic rings. The molecule has 0 heterocycles. The second kappa shape index (κ2) is 10.8. The van der Waals surface area contributed by atoms with E-state index < -0.39 is 0 Å². The van der Waals surface area contributed by atoms with E-state index in [1.165, 1.54) is 0 Å². The summed E-state index contributed by atoms with van der Waals surface area (Å²) in [5.74, 6) is 1.48. The topological polar surface area (TPSA) is 61.5 Å². The van der Waals surface area contributed by atoms with E-state index >= 15 is 0 Å². The van der Waals surface area contributed by atoms with Crippen LogP contribution in [0.15, 0.2) is 54.6 Å². The van der Waals surface area contributed by atoms with E-state index in [2.05, 4.69) is 13.8 Å². The van der Waals surface area contributed by atoms with Crippen molar-refractivity contribution in [1.29, 1.82) is 0 Å². The molecule has 0 aliphatic heterocycles. The Hall–Kier alpha value is -2.59. The Morgan fingerprint density at radius 3 is 2.31 bits per heavy atom. The molecule has 0 spiro atoms. The Labute approximate surface area is 174 Å². The third-order valence-corrected chi connectivity index (χ3v) is 5.58. The summed E-state index contributed by atoms with van der Waals surface area (Å²) in [6.45, 7) is 7.00. The first-order valence-electron chi connectivity index (χ1n) is 10.3. The lowest BCUT2D eigenvalue weighted by molar-refractivity contribution is -0.114. The van der Waals surface area contributed by atoms with Gasteiger partial charge in [-0.05, 0) is 47.7 Å². The van der Waals surface area contributed by atoms with Gasteiger partial charge in [0.15, 0.2) is 17.3 Å². The average Bonchev–Trinajstić information content (AvgIpc) is 2.78. The van der Waals surface area contributed by atoms with Crippen LogP contribution < -0.4 is 15.2 Å². The number of carbonyl (C=O) groups is 1. The van der Waals surface area contributed by atoms with Gasteiger partial charge in [-0.2, -0.15) is 0 Å². The molecule has 0 radical (unpaired) electrons. The maximum Gasteiger partial charge on any atom is 0.161 e. The zero-order valence-electron chi connectivity index (χ0n) is 18.0. The van der Waals surface area contributed by atoms with E-state index in [1.807, 2.05) is 55.5 Å². The normalized spacial score (nSPS) is 11.6. The Kier molecular flexibility index (Phi) is 8.47. The lowest BCUT2D eigenvalue weighted by atomic mass is 9.73. The van der Waals surface area contributed by atoms with Gasteiger partial charge in [0, 0.05) is 18.4 Å². The van der Waals surface area contributed by atoms with Crippen molar-refractivity contribution in [2.24, 2.45) is 5.73 Å². The molecule has 2 N–H and O–H groups in total. The fourth-order valence-corrected chi connectivity index (χ4v) is 3.57. The van der Waals surface area contributed by atoms with Crippen LogP contribution in [0.3, 0.4) is 0 Å². The molecule has 2 aromatic rings. The quantitative estimate of drug-likeness (QED) is 0.523. The van der Waals surface area contributed by atoms with Crippen molar-refractivity contribution in [2.45, 2.75) is 58.6 Å². The molecule has 2 aromatic carbocycles. The van der Waals surface area contributed by atoms with Crippen molar-refractivity contribution in [2.75, 3.05) is 7.11 Å². The second-order valence-electron chi connectivity index (χ2n) is 7.16. The number of carbonyl (C=O) groups excluding carboxylic acids is 1. The fraction of sp³-hybridized carbons (Fsp3) is 0.400. The predicted octanol–water partition coefficient (Wildman–Crippen LogP) is 5.33. The molecular weight excluding hydrogens is 362 g/mol. The molecule has 0 bridgehead atoms. The van der Waals surface area contributed by atoms with Crippen LogP contribution >= 0.6 is 0 Å². The maximum absolute atomic E-state index is 11.9. The summed E-state index contributed by atoms with van der Waals surface area (Å²) in [6.07, 6.45) is 5.96. The molecule has 29 heavy (non-hydrogen) atoms. The van der Waals surface area contributed by atoms with Gasteiger partial charge in [0.05, 0.1) is 7.11 Å². The SMILES string of the molecule is CCC(=O)/C=C\C(CC)(CC)c1cc(OCc2ccccc2)c(OC)cc1CN. The fourth-order valence-electron chi connectivity index (χ4n) is 3.57. The standard InChI is InChI=1S/C25H33NO3/c1-5-21(27)13-14-25(6-2,7-3)22-16-24(23(28-4)15-20(22)17-26)29-18-19-11-9-8-10-12-19/h8-16H,5-7,17-18,26H2,1-4H3/b14-13-. The van der Waals surface area contributed by atoms with Crippen molar-refractivity contribution < 1.29 is 14.3 Å². The van der Waals surface area contributed by atoms with Gasteiger partial charge < -0.3 is 15.2 Å². The van der Waals surface area contributed by atoms with Gasteiger partial charge in [0.25, 0.3) is 0 Å². The van der Waals surface area contributed by atoms with Crippen molar-refractivity contribution in [3.63, 3.8) is 0 Å². The maximum atomic E-state index is 11.9. The van der Waals surface area contributed by atoms with Crippen molar-refractivity contribution in [3.05, 3.63) is 71.3 Å². The van der Waals surface area contributed by atoms with Crippen LogP contribution in [0, 0.1) is 0 Å². The lowest BCUT2D eigenvalue weighted by Crippen LogP contribution is -2.25. The number of hydrogen-bond donors (Lipinski definition) is 1. The number of ketones is 1. The zero-order chi connectivity index (χ0) is 21.3. The van der Waals surface area contributed by atoms with E-state index in [-0.39, 0.29) is 11.2 Å². The van der Waals surface area contributed by atoms with E-state index in [0.717, 1.165) is 29.5 Å². The Balaban J connectivity index is 2.50. The average molecular weight is 396 g/mol. The molecule has 0 fully saturated rings. The third kappa shape index (κ3) is 5.48. The Morgan fingerprint density at radius 2 is 1.76 bits per heavy atom. The molecule has 0 unspecified atom stereocenters. The number of allylic oxidation sites excluding steroid dienone is 2. The molecule has 2 rings (SSSR count). The Bertz CT molecular complexity index is 823. The molecule has 0 saturated carbocycles. The highest BCUT2D eigenvalue weighted by molar-refractivity contribution is 5.89.